The lowest BCUT2D eigenvalue weighted by atomic mass is 10.0. The summed E-state index contributed by atoms with van der Waals surface area (Å²) in [4.78, 5) is 28.6. The van der Waals surface area contributed by atoms with Gasteiger partial charge in [-0.1, -0.05) is 12.8 Å². The highest BCUT2D eigenvalue weighted by molar-refractivity contribution is 6.03. The van der Waals surface area contributed by atoms with Crippen molar-refractivity contribution in [3.63, 3.8) is 0 Å². The number of nitrogens with zero attached hydrogens (tertiary/aromatic N) is 2. The Hall–Kier alpha value is -0.900. The van der Waals surface area contributed by atoms with Gasteiger partial charge in [-0.05, 0) is 25.7 Å². The van der Waals surface area contributed by atoms with Gasteiger partial charge < -0.3 is 0 Å². The molecule has 2 atom stereocenters. The number of carbonyl (C=O) groups excluding carboxylic acids is 2. The lowest BCUT2D eigenvalue weighted by Crippen LogP contribution is -2.57. The molecule has 0 N–H and O–H groups in total. The molecule has 0 aromatic rings. The van der Waals surface area contributed by atoms with E-state index in [1.807, 2.05) is 0 Å². The highest BCUT2D eigenvalue weighted by atomic mass is 16.2. The maximum Gasteiger partial charge on any atom is 0.231 e. The van der Waals surface area contributed by atoms with Gasteiger partial charge in [0.15, 0.2) is 0 Å². The summed E-state index contributed by atoms with van der Waals surface area (Å²) in [6.07, 6.45) is 8.30. The van der Waals surface area contributed by atoms with Crippen LogP contribution >= 0.6 is 0 Å². The first-order chi connectivity index (χ1) is 9.26. The third kappa shape index (κ3) is 1.44. The second-order valence-corrected chi connectivity index (χ2v) is 6.60. The lowest BCUT2D eigenvalue weighted by molar-refractivity contribution is -0.151. The van der Waals surface area contributed by atoms with Crippen LogP contribution in [0.25, 0.3) is 0 Å². The fraction of sp³-hybridized carbons (Fsp3) is 0.867. The van der Waals surface area contributed by atoms with Crippen molar-refractivity contribution in [3.05, 3.63) is 0 Å². The normalized spacial score (nSPS) is 42.8. The molecule has 0 radical (unpaired) electrons. The van der Waals surface area contributed by atoms with Crippen LogP contribution in [0.1, 0.15) is 51.4 Å². The SMILES string of the molecule is O=C1CCC(=O)N1C1(N2CCCCC2)C2CCCC21. The second kappa shape index (κ2) is 4.05. The van der Waals surface area contributed by atoms with E-state index in [2.05, 4.69) is 4.90 Å². The number of amides is 2. The van der Waals surface area contributed by atoms with E-state index >= 15 is 0 Å². The molecule has 2 aliphatic carbocycles. The summed E-state index contributed by atoms with van der Waals surface area (Å²) in [5.41, 5.74) is -0.177. The molecule has 2 saturated heterocycles. The largest absolute Gasteiger partial charge is 0.280 e. The van der Waals surface area contributed by atoms with Crippen molar-refractivity contribution in [2.24, 2.45) is 11.8 Å². The molecule has 2 heterocycles. The highest BCUT2D eigenvalue weighted by Gasteiger charge is 2.74. The van der Waals surface area contributed by atoms with Crippen molar-refractivity contribution in [2.75, 3.05) is 13.1 Å². The van der Waals surface area contributed by atoms with Crippen LogP contribution in [0.15, 0.2) is 0 Å². The van der Waals surface area contributed by atoms with Gasteiger partial charge in [-0.2, -0.15) is 0 Å². The molecule has 104 valence electrons. The molecule has 0 bridgehead atoms. The zero-order valence-corrected chi connectivity index (χ0v) is 11.4. The summed E-state index contributed by atoms with van der Waals surface area (Å²) in [5.74, 6) is 1.34. The number of hydrogen-bond donors (Lipinski definition) is 0. The summed E-state index contributed by atoms with van der Waals surface area (Å²) in [7, 11) is 0. The van der Waals surface area contributed by atoms with Crippen molar-refractivity contribution in [3.8, 4) is 0 Å². The zero-order valence-electron chi connectivity index (χ0n) is 11.4. The number of carbonyl (C=O) groups is 2. The van der Waals surface area contributed by atoms with Crippen molar-refractivity contribution < 1.29 is 9.59 Å². The van der Waals surface area contributed by atoms with E-state index in [1.54, 1.807) is 4.90 Å². The zero-order chi connectivity index (χ0) is 13.0. The molecule has 4 fully saturated rings. The summed E-state index contributed by atoms with van der Waals surface area (Å²) < 4.78 is 0. The van der Waals surface area contributed by atoms with Gasteiger partial charge in [0, 0.05) is 37.8 Å². The van der Waals surface area contributed by atoms with Gasteiger partial charge in [-0.15, -0.1) is 0 Å². The Kier molecular flexibility index (Phi) is 2.53. The average molecular weight is 262 g/mol. The lowest BCUT2D eigenvalue weighted by Gasteiger charge is -2.42. The van der Waals surface area contributed by atoms with E-state index < -0.39 is 0 Å². The first-order valence-corrected chi connectivity index (χ1v) is 7.87. The Labute approximate surface area is 114 Å². The molecule has 4 nitrogen and oxygen atoms in total. The minimum atomic E-state index is -0.177. The van der Waals surface area contributed by atoms with Crippen LogP contribution in [0.2, 0.25) is 0 Å². The Morgan fingerprint density at radius 3 is 2.00 bits per heavy atom. The van der Waals surface area contributed by atoms with E-state index in [-0.39, 0.29) is 17.5 Å². The summed E-state index contributed by atoms with van der Waals surface area (Å²) >= 11 is 0. The van der Waals surface area contributed by atoms with Crippen molar-refractivity contribution in [1.82, 2.24) is 9.80 Å². The standard InChI is InChI=1S/C15H22N2O2/c18-13-7-8-14(19)17(13)15(11-5-4-6-12(11)15)16-9-2-1-3-10-16/h11-12H,1-10H2. The highest BCUT2D eigenvalue weighted by Crippen LogP contribution is 2.66. The van der Waals surface area contributed by atoms with Gasteiger partial charge in [-0.3, -0.25) is 19.4 Å². The Morgan fingerprint density at radius 1 is 0.842 bits per heavy atom. The van der Waals surface area contributed by atoms with Gasteiger partial charge >= 0.3 is 0 Å². The van der Waals surface area contributed by atoms with Gasteiger partial charge in [-0.25, -0.2) is 0 Å². The molecule has 2 aliphatic heterocycles. The van der Waals surface area contributed by atoms with Crippen LogP contribution in [-0.2, 0) is 9.59 Å². The van der Waals surface area contributed by atoms with Crippen LogP contribution in [0, 0.1) is 11.8 Å². The Balaban J connectivity index is 1.69. The second-order valence-electron chi connectivity index (χ2n) is 6.60. The number of fused-ring (bicyclic) bond motifs is 1. The van der Waals surface area contributed by atoms with E-state index in [0.717, 1.165) is 13.1 Å². The molecule has 2 saturated carbocycles. The number of hydrogen-bond acceptors (Lipinski definition) is 3. The van der Waals surface area contributed by atoms with Crippen LogP contribution < -0.4 is 0 Å². The molecular weight excluding hydrogens is 240 g/mol. The molecule has 0 aromatic carbocycles. The number of likely N-dealkylation sites (tertiary alicyclic amines) is 2. The van der Waals surface area contributed by atoms with Crippen molar-refractivity contribution in [1.29, 1.82) is 0 Å². The molecular formula is C15H22N2O2. The quantitative estimate of drug-likeness (QED) is 0.712. The third-order valence-electron chi connectivity index (χ3n) is 5.77. The fourth-order valence-corrected chi connectivity index (χ4v) is 5.06. The Bertz CT molecular complexity index is 402. The monoisotopic (exact) mass is 262 g/mol. The minimum Gasteiger partial charge on any atom is -0.280 e. The smallest absolute Gasteiger partial charge is 0.231 e. The van der Waals surface area contributed by atoms with Gasteiger partial charge in [0.25, 0.3) is 0 Å². The maximum atomic E-state index is 12.2. The van der Waals surface area contributed by atoms with Crippen molar-refractivity contribution in [2.45, 2.75) is 57.0 Å². The van der Waals surface area contributed by atoms with E-state index in [9.17, 15) is 9.59 Å². The number of imide groups is 1. The molecule has 4 aliphatic rings. The molecule has 2 unspecified atom stereocenters. The maximum absolute atomic E-state index is 12.2. The van der Waals surface area contributed by atoms with Gasteiger partial charge in [0.2, 0.25) is 11.8 Å². The van der Waals surface area contributed by atoms with Crippen LogP contribution in [0.5, 0.6) is 0 Å². The van der Waals surface area contributed by atoms with Gasteiger partial charge in [0.1, 0.15) is 5.66 Å². The fourth-order valence-electron chi connectivity index (χ4n) is 5.06. The molecule has 19 heavy (non-hydrogen) atoms. The predicted molar refractivity (Wildman–Crippen MR) is 70.1 cm³/mol. The molecule has 0 spiro atoms. The van der Waals surface area contributed by atoms with Crippen molar-refractivity contribution >= 4 is 11.8 Å². The average Bonchev–Trinajstić information content (AvgIpc) is 2.79. The molecule has 4 rings (SSSR count). The molecule has 4 heteroatoms. The summed E-state index contributed by atoms with van der Waals surface area (Å²) in [6.45, 7) is 2.15. The summed E-state index contributed by atoms with van der Waals surface area (Å²) in [5, 5.41) is 0. The first-order valence-electron chi connectivity index (χ1n) is 7.87. The van der Waals surface area contributed by atoms with E-state index in [0.29, 0.717) is 24.7 Å². The van der Waals surface area contributed by atoms with Crippen LogP contribution in [0.3, 0.4) is 0 Å². The van der Waals surface area contributed by atoms with E-state index in [4.69, 9.17) is 0 Å². The topological polar surface area (TPSA) is 40.6 Å². The number of rotatable bonds is 2. The molecule has 0 aromatic heterocycles. The predicted octanol–water partition coefficient (Wildman–Crippen LogP) is 1.75. The Morgan fingerprint density at radius 2 is 1.42 bits per heavy atom. The summed E-state index contributed by atoms with van der Waals surface area (Å²) in [6, 6.07) is 0. The number of piperidine rings is 1. The third-order valence-corrected chi connectivity index (χ3v) is 5.77. The van der Waals surface area contributed by atoms with E-state index in [1.165, 1.54) is 38.5 Å². The molecule has 2 amide bonds. The van der Waals surface area contributed by atoms with Crippen LogP contribution in [-0.4, -0.2) is 40.4 Å². The van der Waals surface area contributed by atoms with Crippen LogP contribution in [0.4, 0.5) is 0 Å². The first kappa shape index (κ1) is 11.9. The minimum absolute atomic E-state index is 0.0879. The van der Waals surface area contributed by atoms with Gasteiger partial charge in [0.05, 0.1) is 0 Å².